The van der Waals surface area contributed by atoms with Gasteiger partial charge in [-0.1, -0.05) is 25.1 Å². The van der Waals surface area contributed by atoms with Gasteiger partial charge in [-0.3, -0.25) is 9.69 Å². The third kappa shape index (κ3) is 5.06. The molecule has 1 aromatic carbocycles. The lowest BCUT2D eigenvalue weighted by Crippen LogP contribution is -2.40. The van der Waals surface area contributed by atoms with E-state index in [2.05, 4.69) is 29.4 Å². The Bertz CT molecular complexity index is 1010. The van der Waals surface area contributed by atoms with Crippen LogP contribution in [0.5, 0.6) is 0 Å². The lowest BCUT2D eigenvalue weighted by Gasteiger charge is -2.27. The van der Waals surface area contributed by atoms with Crippen molar-refractivity contribution in [3.63, 3.8) is 0 Å². The van der Waals surface area contributed by atoms with E-state index < -0.39 is 0 Å². The van der Waals surface area contributed by atoms with Gasteiger partial charge in [0.2, 0.25) is 0 Å². The van der Waals surface area contributed by atoms with Crippen LogP contribution in [0.1, 0.15) is 26.0 Å². The molecule has 0 aliphatic rings. The number of anilines is 1. The summed E-state index contributed by atoms with van der Waals surface area (Å²) in [4.78, 5) is 27.0. The molecule has 0 spiro atoms. The van der Waals surface area contributed by atoms with Crippen molar-refractivity contribution in [2.45, 2.75) is 32.9 Å². The molecule has 0 bridgehead atoms. The molecular weight excluding hydrogens is 368 g/mol. The molecule has 0 saturated heterocycles. The zero-order valence-corrected chi connectivity index (χ0v) is 17.1. The van der Waals surface area contributed by atoms with Crippen LogP contribution < -0.4 is 16.2 Å². The second-order valence-electron chi connectivity index (χ2n) is 7.19. The predicted molar refractivity (Wildman–Crippen MR) is 115 cm³/mol. The molecule has 0 aliphatic carbocycles. The van der Waals surface area contributed by atoms with E-state index in [-0.39, 0.29) is 11.6 Å². The summed E-state index contributed by atoms with van der Waals surface area (Å²) in [6, 6.07) is 11.2. The van der Waals surface area contributed by atoms with Gasteiger partial charge in [0.05, 0.1) is 18.5 Å². The number of nitrogens with one attached hydrogen (secondary N) is 2. The van der Waals surface area contributed by atoms with Crippen molar-refractivity contribution in [1.29, 1.82) is 0 Å². The summed E-state index contributed by atoms with van der Waals surface area (Å²) >= 11 is 0. The second kappa shape index (κ2) is 9.43. The van der Waals surface area contributed by atoms with Crippen LogP contribution in [-0.2, 0) is 13.6 Å². The summed E-state index contributed by atoms with van der Waals surface area (Å²) in [6.07, 6.45) is 4.33. The minimum Gasteiger partial charge on any atom is -0.468 e. The molecule has 1 atom stereocenters. The van der Waals surface area contributed by atoms with E-state index in [0.717, 1.165) is 17.6 Å². The Morgan fingerprint density at radius 3 is 2.66 bits per heavy atom. The van der Waals surface area contributed by atoms with Crippen LogP contribution in [0.15, 0.2) is 58.1 Å². The standard InChI is InChI=1S/C22H28N4O3/c1-4-16(2)26(14-17-8-7-13-29-17)12-11-23-22(28)24-20-15-25(3)21(27)19-10-6-5-9-18(19)20/h5-10,13,15-16H,4,11-12,14H2,1-3H3,(H2,23,24,28)/t16-/m1/s1. The van der Waals surface area contributed by atoms with Gasteiger partial charge in [-0.25, -0.2) is 4.79 Å². The van der Waals surface area contributed by atoms with Crippen molar-refractivity contribution < 1.29 is 9.21 Å². The number of urea groups is 1. The van der Waals surface area contributed by atoms with Crippen LogP contribution in [0.25, 0.3) is 10.8 Å². The van der Waals surface area contributed by atoms with Gasteiger partial charge in [0.1, 0.15) is 5.76 Å². The van der Waals surface area contributed by atoms with E-state index in [9.17, 15) is 9.59 Å². The molecule has 2 amide bonds. The topological polar surface area (TPSA) is 79.5 Å². The van der Waals surface area contributed by atoms with Crippen LogP contribution in [0, 0.1) is 0 Å². The highest BCUT2D eigenvalue weighted by Crippen LogP contribution is 2.19. The summed E-state index contributed by atoms with van der Waals surface area (Å²) in [5.74, 6) is 0.909. The van der Waals surface area contributed by atoms with Gasteiger partial charge >= 0.3 is 6.03 Å². The van der Waals surface area contributed by atoms with Crippen LogP contribution in [0.4, 0.5) is 10.5 Å². The number of carbonyl (C=O) groups is 1. The maximum atomic E-state index is 12.4. The van der Waals surface area contributed by atoms with Gasteiger partial charge < -0.3 is 19.6 Å². The molecule has 2 heterocycles. The van der Waals surface area contributed by atoms with Crippen LogP contribution >= 0.6 is 0 Å². The van der Waals surface area contributed by atoms with E-state index >= 15 is 0 Å². The molecule has 2 aromatic heterocycles. The Balaban J connectivity index is 1.61. The lowest BCUT2D eigenvalue weighted by atomic mass is 10.1. The average Bonchev–Trinajstić information content (AvgIpc) is 3.23. The molecular formula is C22H28N4O3. The van der Waals surface area contributed by atoms with Crippen molar-refractivity contribution >= 4 is 22.5 Å². The fraction of sp³-hybridized carbons (Fsp3) is 0.364. The SMILES string of the molecule is CC[C@@H](C)N(CCNC(=O)Nc1cn(C)c(=O)c2ccccc12)Cc1ccco1. The Hall–Kier alpha value is -3.06. The number of aryl methyl sites for hydroxylation is 1. The number of nitrogens with zero attached hydrogens (tertiary/aromatic N) is 2. The molecule has 0 fully saturated rings. The summed E-state index contributed by atoms with van der Waals surface area (Å²) in [6.45, 7) is 6.22. The Kier molecular flexibility index (Phi) is 6.72. The molecule has 0 aliphatic heterocycles. The van der Waals surface area contributed by atoms with Crippen LogP contribution in [-0.4, -0.2) is 34.6 Å². The van der Waals surface area contributed by atoms with Crippen LogP contribution in [0.2, 0.25) is 0 Å². The van der Waals surface area contributed by atoms with E-state index in [1.165, 1.54) is 4.57 Å². The number of benzene rings is 1. The number of hydrogen-bond acceptors (Lipinski definition) is 4. The quantitative estimate of drug-likeness (QED) is 0.610. The predicted octanol–water partition coefficient (Wildman–Crippen LogP) is 3.55. The fourth-order valence-electron chi connectivity index (χ4n) is 3.31. The van der Waals surface area contributed by atoms with E-state index in [1.807, 2.05) is 30.3 Å². The first-order chi connectivity index (χ1) is 14.0. The molecule has 29 heavy (non-hydrogen) atoms. The van der Waals surface area contributed by atoms with Gasteiger partial charge in [-0.15, -0.1) is 0 Å². The zero-order valence-electron chi connectivity index (χ0n) is 17.1. The molecule has 0 radical (unpaired) electrons. The number of aromatic nitrogens is 1. The number of amides is 2. The fourth-order valence-corrected chi connectivity index (χ4v) is 3.31. The highest BCUT2D eigenvalue weighted by Gasteiger charge is 2.15. The largest absolute Gasteiger partial charge is 0.468 e. The summed E-state index contributed by atoms with van der Waals surface area (Å²) in [5.41, 5.74) is 0.517. The second-order valence-corrected chi connectivity index (χ2v) is 7.19. The normalized spacial score (nSPS) is 12.3. The molecule has 2 N–H and O–H groups in total. The highest BCUT2D eigenvalue weighted by atomic mass is 16.3. The molecule has 0 saturated carbocycles. The number of hydrogen-bond donors (Lipinski definition) is 2. The maximum Gasteiger partial charge on any atom is 0.319 e. The Labute approximate surface area is 170 Å². The molecule has 0 unspecified atom stereocenters. The van der Waals surface area contributed by atoms with Gasteiger partial charge in [-0.05, 0) is 31.5 Å². The van der Waals surface area contributed by atoms with Gasteiger partial charge in [0.25, 0.3) is 5.56 Å². The molecule has 154 valence electrons. The lowest BCUT2D eigenvalue weighted by molar-refractivity contribution is 0.181. The van der Waals surface area contributed by atoms with Crippen LogP contribution in [0.3, 0.4) is 0 Å². The summed E-state index contributed by atoms with van der Waals surface area (Å²) in [7, 11) is 1.68. The molecule has 7 nitrogen and oxygen atoms in total. The maximum absolute atomic E-state index is 12.4. The first-order valence-electron chi connectivity index (χ1n) is 9.89. The Morgan fingerprint density at radius 2 is 1.97 bits per heavy atom. The van der Waals surface area contributed by atoms with Crippen molar-refractivity contribution in [2.75, 3.05) is 18.4 Å². The number of fused-ring (bicyclic) bond motifs is 1. The first-order valence-corrected chi connectivity index (χ1v) is 9.89. The third-order valence-electron chi connectivity index (χ3n) is 5.18. The smallest absolute Gasteiger partial charge is 0.319 e. The monoisotopic (exact) mass is 396 g/mol. The first kappa shape index (κ1) is 20.7. The Morgan fingerprint density at radius 1 is 1.21 bits per heavy atom. The third-order valence-corrected chi connectivity index (χ3v) is 5.18. The highest BCUT2D eigenvalue weighted by molar-refractivity contribution is 6.00. The van der Waals surface area contributed by atoms with Crippen molar-refractivity contribution in [3.8, 4) is 0 Å². The average molecular weight is 396 g/mol. The van der Waals surface area contributed by atoms with Gasteiger partial charge in [0, 0.05) is 43.1 Å². The number of furan rings is 1. The van der Waals surface area contributed by atoms with E-state index in [4.69, 9.17) is 4.42 Å². The van der Waals surface area contributed by atoms with Crippen molar-refractivity contribution in [2.24, 2.45) is 7.05 Å². The van der Waals surface area contributed by atoms with Crippen molar-refractivity contribution in [3.05, 3.63) is 65.0 Å². The summed E-state index contributed by atoms with van der Waals surface area (Å²) in [5, 5.41) is 7.08. The van der Waals surface area contributed by atoms with Crippen molar-refractivity contribution in [1.82, 2.24) is 14.8 Å². The molecule has 3 aromatic rings. The van der Waals surface area contributed by atoms with E-state index in [0.29, 0.717) is 36.7 Å². The number of rotatable bonds is 8. The van der Waals surface area contributed by atoms with Gasteiger partial charge in [-0.2, -0.15) is 0 Å². The number of pyridine rings is 1. The zero-order chi connectivity index (χ0) is 20.8. The van der Waals surface area contributed by atoms with E-state index in [1.54, 1.807) is 25.6 Å². The summed E-state index contributed by atoms with van der Waals surface area (Å²) < 4.78 is 6.94. The molecule has 7 heteroatoms. The minimum absolute atomic E-state index is 0.0892. The van der Waals surface area contributed by atoms with Gasteiger partial charge in [0.15, 0.2) is 0 Å². The minimum atomic E-state index is -0.295. The number of carbonyl (C=O) groups excluding carboxylic acids is 1. The molecule has 3 rings (SSSR count).